The molecule has 212 valence electrons. The van der Waals surface area contributed by atoms with Crippen LogP contribution in [-0.2, 0) is 32.4 Å². The Morgan fingerprint density at radius 2 is 1.62 bits per heavy atom. The molecule has 1 saturated carbocycles. The van der Waals surface area contributed by atoms with E-state index >= 15 is 0 Å². The molecule has 3 aliphatic rings. The quantitative estimate of drug-likeness (QED) is 0.528. The van der Waals surface area contributed by atoms with Crippen LogP contribution in [0.4, 0.5) is 0 Å². The third-order valence-electron chi connectivity index (χ3n) is 8.59. The van der Waals surface area contributed by atoms with E-state index in [0.717, 1.165) is 63.8 Å². The van der Waals surface area contributed by atoms with Gasteiger partial charge in [-0.1, -0.05) is 55.3 Å². The molecule has 3 fully saturated rings. The molecule has 0 radical (unpaired) electrons. The number of nitrogens with zero attached hydrogens (tertiary/aromatic N) is 2. The first-order chi connectivity index (χ1) is 18.6. The van der Waals surface area contributed by atoms with Crippen molar-refractivity contribution in [3.05, 3.63) is 65.7 Å². The van der Waals surface area contributed by atoms with Crippen molar-refractivity contribution in [1.82, 2.24) is 9.80 Å². The van der Waals surface area contributed by atoms with Crippen LogP contribution in [0.5, 0.6) is 0 Å². The van der Waals surface area contributed by atoms with Crippen molar-refractivity contribution in [2.45, 2.75) is 69.2 Å². The lowest BCUT2D eigenvalue weighted by atomic mass is 9.77. The fraction of sp³-hybridized carbons (Fsp3) is 0.548. The molecule has 2 aromatic rings. The number of piperidine rings is 1. The van der Waals surface area contributed by atoms with E-state index in [-0.39, 0.29) is 23.1 Å². The first kappa shape index (κ1) is 29.3. The maximum Gasteiger partial charge on any atom is 0.223 e. The third kappa shape index (κ3) is 8.39. The van der Waals surface area contributed by atoms with Gasteiger partial charge >= 0.3 is 0 Å². The number of aryl methyl sites for hydroxylation is 1. The molecule has 2 aromatic carbocycles. The highest BCUT2D eigenvalue weighted by Gasteiger charge is 2.44. The largest absolute Gasteiger partial charge is 0.369 e. The average molecular weight is 554 g/mol. The fourth-order valence-corrected chi connectivity index (χ4v) is 6.77. The van der Waals surface area contributed by atoms with Crippen LogP contribution in [0.3, 0.4) is 0 Å². The molecule has 2 saturated heterocycles. The van der Waals surface area contributed by atoms with Gasteiger partial charge in [-0.3, -0.25) is 9.59 Å². The van der Waals surface area contributed by atoms with Crippen LogP contribution in [-0.4, -0.2) is 62.5 Å². The van der Waals surface area contributed by atoms with Crippen LogP contribution < -0.4 is 5.73 Å². The van der Waals surface area contributed by atoms with E-state index in [1.165, 1.54) is 31.1 Å². The van der Waals surface area contributed by atoms with Crippen molar-refractivity contribution in [2.24, 2.45) is 17.1 Å². The van der Waals surface area contributed by atoms with Gasteiger partial charge < -0.3 is 15.5 Å². The molecule has 8 heteroatoms. The summed E-state index contributed by atoms with van der Waals surface area (Å²) in [5, 5.41) is 0. The fourth-order valence-electron chi connectivity index (χ4n) is 6.14. The number of amides is 2. The molecular weight excluding hydrogens is 510 g/mol. The van der Waals surface area contributed by atoms with Gasteiger partial charge in [0.15, 0.2) is 9.84 Å². The smallest absolute Gasteiger partial charge is 0.223 e. The first-order valence-electron chi connectivity index (χ1n) is 14.3. The van der Waals surface area contributed by atoms with Crippen molar-refractivity contribution in [3.8, 4) is 0 Å². The lowest BCUT2D eigenvalue weighted by molar-refractivity contribution is -0.128. The zero-order chi connectivity index (χ0) is 27.9. The summed E-state index contributed by atoms with van der Waals surface area (Å²) in [5.74, 6) is 0.321. The number of carbonyl (C=O) groups is 2. The molecule has 2 heterocycles. The van der Waals surface area contributed by atoms with E-state index in [1.54, 1.807) is 12.1 Å². The van der Waals surface area contributed by atoms with E-state index in [1.807, 2.05) is 17.0 Å². The van der Waals surface area contributed by atoms with Gasteiger partial charge in [0.1, 0.15) is 0 Å². The van der Waals surface area contributed by atoms with E-state index in [9.17, 15) is 18.0 Å². The van der Waals surface area contributed by atoms with Crippen molar-refractivity contribution >= 4 is 21.7 Å². The second kappa shape index (κ2) is 13.1. The number of hydrogen-bond donors (Lipinski definition) is 1. The number of carbonyl (C=O) groups excluding carboxylic acids is 2. The molecule has 1 spiro atoms. The zero-order valence-electron chi connectivity index (χ0n) is 23.2. The highest BCUT2D eigenvalue weighted by molar-refractivity contribution is 7.90. The lowest BCUT2D eigenvalue weighted by Crippen LogP contribution is -2.41. The Morgan fingerprint density at radius 1 is 0.974 bits per heavy atom. The van der Waals surface area contributed by atoms with E-state index in [4.69, 9.17) is 5.73 Å². The summed E-state index contributed by atoms with van der Waals surface area (Å²) >= 11 is 0. The van der Waals surface area contributed by atoms with Crippen molar-refractivity contribution in [2.75, 3.05) is 32.4 Å². The van der Waals surface area contributed by atoms with E-state index in [0.29, 0.717) is 17.9 Å². The van der Waals surface area contributed by atoms with Crippen molar-refractivity contribution < 1.29 is 18.0 Å². The van der Waals surface area contributed by atoms with Crippen LogP contribution in [0.2, 0.25) is 0 Å². The number of hydrogen-bond acceptors (Lipinski definition) is 5. The molecule has 2 N–H and O–H groups in total. The predicted molar refractivity (Wildman–Crippen MR) is 154 cm³/mol. The normalized spacial score (nSPS) is 19.7. The van der Waals surface area contributed by atoms with Gasteiger partial charge in [-0.2, -0.15) is 0 Å². The van der Waals surface area contributed by atoms with Gasteiger partial charge in [0.25, 0.3) is 0 Å². The highest BCUT2D eigenvalue weighted by Crippen LogP contribution is 2.41. The number of benzene rings is 2. The number of rotatable bonds is 8. The van der Waals surface area contributed by atoms with Crippen LogP contribution >= 0.6 is 0 Å². The molecule has 2 aliphatic heterocycles. The topological polar surface area (TPSA) is 101 Å². The molecule has 5 rings (SSSR count). The van der Waals surface area contributed by atoms with Gasteiger partial charge in [-0.05, 0) is 86.8 Å². The number of sulfone groups is 1. The zero-order valence-corrected chi connectivity index (χ0v) is 24.0. The summed E-state index contributed by atoms with van der Waals surface area (Å²) in [7, 11) is -3.19. The summed E-state index contributed by atoms with van der Waals surface area (Å²) in [6, 6.07) is 17.6. The SMILES string of the molecule is CS(=O)(=O)c1ccc(CN2CC3(CCN(CCCc4ccccc4)CC3)CC2=O)cc1.NC(=O)C1CCCC1. The maximum atomic E-state index is 12.7. The Bertz CT molecular complexity index is 1200. The number of primary amides is 1. The Morgan fingerprint density at radius 3 is 2.18 bits per heavy atom. The van der Waals surface area contributed by atoms with Crippen LogP contribution in [0.1, 0.15) is 62.5 Å². The van der Waals surface area contributed by atoms with Crippen LogP contribution in [0, 0.1) is 11.3 Å². The maximum absolute atomic E-state index is 12.7. The predicted octanol–water partition coefficient (Wildman–Crippen LogP) is 4.20. The molecular formula is C31H43N3O4S. The van der Waals surface area contributed by atoms with Gasteiger partial charge in [-0.25, -0.2) is 8.42 Å². The summed E-state index contributed by atoms with van der Waals surface area (Å²) in [6.45, 7) is 4.64. The van der Waals surface area contributed by atoms with Gasteiger partial charge in [0.05, 0.1) is 4.90 Å². The molecule has 0 bridgehead atoms. The van der Waals surface area contributed by atoms with Gasteiger partial charge in [-0.15, -0.1) is 0 Å². The minimum Gasteiger partial charge on any atom is -0.369 e. The van der Waals surface area contributed by atoms with E-state index in [2.05, 4.69) is 35.2 Å². The molecule has 0 atom stereocenters. The Kier molecular flexibility index (Phi) is 9.83. The van der Waals surface area contributed by atoms with E-state index < -0.39 is 9.84 Å². The van der Waals surface area contributed by atoms with Crippen LogP contribution in [0.25, 0.3) is 0 Å². The summed E-state index contributed by atoms with van der Waals surface area (Å²) in [5.41, 5.74) is 7.55. The van der Waals surface area contributed by atoms with Crippen molar-refractivity contribution in [3.63, 3.8) is 0 Å². The summed E-state index contributed by atoms with van der Waals surface area (Å²) in [6.07, 6.45) is 10.7. The minimum absolute atomic E-state index is 0.109. The third-order valence-corrected chi connectivity index (χ3v) is 9.72. The Labute approximate surface area is 233 Å². The second-order valence-corrected chi connectivity index (χ2v) is 13.7. The van der Waals surface area contributed by atoms with Gasteiger partial charge in [0, 0.05) is 31.7 Å². The number of likely N-dealkylation sites (tertiary alicyclic amines) is 2. The standard InChI is InChI=1S/C25H32N2O3S.C6H11NO/c1-31(29,30)23-11-9-22(10-12-23)19-27-20-25(18-24(27)28)13-16-26(17-14-25)15-5-8-21-6-3-2-4-7-21;7-6(8)5-3-1-2-4-5/h2-4,6-7,9-12H,5,8,13-20H2,1H3;5H,1-4H2,(H2,7,8). The summed E-state index contributed by atoms with van der Waals surface area (Å²) in [4.78, 5) is 28.0. The average Bonchev–Trinajstić information content (AvgIpc) is 3.55. The molecule has 0 aromatic heterocycles. The first-order valence-corrected chi connectivity index (χ1v) is 16.2. The van der Waals surface area contributed by atoms with Gasteiger partial charge in [0.2, 0.25) is 11.8 Å². The highest BCUT2D eigenvalue weighted by atomic mass is 32.2. The Balaban J connectivity index is 0.000000379. The molecule has 0 unspecified atom stereocenters. The molecule has 39 heavy (non-hydrogen) atoms. The monoisotopic (exact) mass is 553 g/mol. The minimum atomic E-state index is -3.19. The van der Waals surface area contributed by atoms with Crippen LogP contribution in [0.15, 0.2) is 59.5 Å². The second-order valence-electron chi connectivity index (χ2n) is 11.7. The van der Waals surface area contributed by atoms with Crippen molar-refractivity contribution in [1.29, 1.82) is 0 Å². The Hall–Kier alpha value is -2.71. The lowest BCUT2D eigenvalue weighted by Gasteiger charge is -2.38. The molecule has 7 nitrogen and oxygen atoms in total. The number of nitrogens with two attached hydrogens (primary N) is 1. The summed E-state index contributed by atoms with van der Waals surface area (Å²) < 4.78 is 23.3. The molecule has 1 aliphatic carbocycles. The molecule has 2 amide bonds.